The van der Waals surface area contributed by atoms with Crippen molar-refractivity contribution in [3.8, 4) is 0 Å². The van der Waals surface area contributed by atoms with Gasteiger partial charge >= 0.3 is 0 Å². The van der Waals surface area contributed by atoms with Gasteiger partial charge in [-0.05, 0) is 31.7 Å². The molecule has 1 amide bonds. The lowest BCUT2D eigenvalue weighted by molar-refractivity contribution is -0.122. The molecule has 0 aromatic carbocycles. The molecule has 1 fully saturated rings. The highest BCUT2D eigenvalue weighted by molar-refractivity contribution is 5.76. The van der Waals surface area contributed by atoms with E-state index in [1.165, 1.54) is 0 Å². The first kappa shape index (κ1) is 13.5. The smallest absolute Gasteiger partial charge is 0.220 e. The summed E-state index contributed by atoms with van der Waals surface area (Å²) in [6, 6.07) is 0.186. The van der Waals surface area contributed by atoms with Crippen LogP contribution >= 0.6 is 0 Å². The Morgan fingerprint density at radius 3 is 2.94 bits per heavy atom. The molecule has 0 radical (unpaired) electrons. The van der Waals surface area contributed by atoms with E-state index in [1.807, 2.05) is 0 Å². The molecule has 0 bridgehead atoms. The summed E-state index contributed by atoms with van der Waals surface area (Å²) in [4.78, 5) is 11.6. The van der Waals surface area contributed by atoms with Crippen LogP contribution < -0.4 is 11.1 Å². The highest BCUT2D eigenvalue weighted by atomic mass is 16.3. The first-order chi connectivity index (χ1) is 7.67. The molecule has 1 rings (SSSR count). The van der Waals surface area contributed by atoms with Gasteiger partial charge in [-0.2, -0.15) is 0 Å². The molecule has 0 aliphatic heterocycles. The number of carbonyl (C=O) groups is 1. The first-order valence-corrected chi connectivity index (χ1v) is 6.27. The molecule has 0 aromatic heterocycles. The second-order valence-electron chi connectivity index (χ2n) is 4.93. The van der Waals surface area contributed by atoms with Crippen molar-refractivity contribution in [2.45, 2.75) is 45.1 Å². The molecule has 3 unspecified atom stereocenters. The molecule has 0 saturated heterocycles. The number of amides is 1. The van der Waals surface area contributed by atoms with Gasteiger partial charge in [0.2, 0.25) is 5.91 Å². The number of rotatable bonds is 6. The fourth-order valence-corrected chi connectivity index (χ4v) is 2.22. The summed E-state index contributed by atoms with van der Waals surface area (Å²) in [7, 11) is 0. The van der Waals surface area contributed by atoms with E-state index in [0.29, 0.717) is 18.9 Å². The van der Waals surface area contributed by atoms with Crippen LogP contribution in [0.1, 0.15) is 39.0 Å². The molecule has 4 heteroatoms. The topological polar surface area (TPSA) is 75.4 Å². The summed E-state index contributed by atoms with van der Waals surface area (Å²) < 4.78 is 0. The molecule has 3 atom stereocenters. The minimum absolute atomic E-state index is 0.102. The van der Waals surface area contributed by atoms with E-state index < -0.39 is 0 Å². The summed E-state index contributed by atoms with van der Waals surface area (Å²) in [6.07, 6.45) is 4.53. The van der Waals surface area contributed by atoms with Gasteiger partial charge < -0.3 is 16.2 Å². The van der Waals surface area contributed by atoms with Crippen LogP contribution in [0.25, 0.3) is 0 Å². The summed E-state index contributed by atoms with van der Waals surface area (Å²) in [5.41, 5.74) is 5.50. The molecule has 94 valence electrons. The molecule has 0 spiro atoms. The predicted octanol–water partition coefficient (Wildman–Crippen LogP) is 0.639. The third-order valence-electron chi connectivity index (χ3n) is 3.51. The Morgan fingerprint density at radius 2 is 2.31 bits per heavy atom. The van der Waals surface area contributed by atoms with Crippen molar-refractivity contribution in [2.24, 2.45) is 17.6 Å². The zero-order valence-electron chi connectivity index (χ0n) is 10.1. The second kappa shape index (κ2) is 6.86. The normalized spacial score (nSPS) is 26.7. The largest absolute Gasteiger partial charge is 0.396 e. The zero-order valence-corrected chi connectivity index (χ0v) is 10.1. The summed E-state index contributed by atoms with van der Waals surface area (Å²) in [5.74, 6) is 0.768. The van der Waals surface area contributed by atoms with Crippen molar-refractivity contribution >= 4 is 5.91 Å². The van der Waals surface area contributed by atoms with Gasteiger partial charge in [0.15, 0.2) is 0 Å². The van der Waals surface area contributed by atoms with Crippen LogP contribution in [0.3, 0.4) is 0 Å². The van der Waals surface area contributed by atoms with Gasteiger partial charge in [0.25, 0.3) is 0 Å². The van der Waals surface area contributed by atoms with Gasteiger partial charge in [-0.1, -0.05) is 13.3 Å². The maximum Gasteiger partial charge on any atom is 0.220 e. The standard InChI is InChI=1S/C12H24N2O2/c1-9(7-13)5-6-12(16)14-11-4-2-3-10(11)8-15/h9-11,15H,2-8,13H2,1H3,(H,14,16). The lowest BCUT2D eigenvalue weighted by atomic mass is 10.0. The summed E-state index contributed by atoms with van der Waals surface area (Å²) in [6.45, 7) is 2.87. The number of hydrogen-bond donors (Lipinski definition) is 3. The fourth-order valence-electron chi connectivity index (χ4n) is 2.22. The van der Waals surface area contributed by atoms with E-state index in [4.69, 9.17) is 10.8 Å². The molecular formula is C12H24N2O2. The molecule has 4 N–H and O–H groups in total. The van der Waals surface area contributed by atoms with Gasteiger partial charge in [-0.3, -0.25) is 4.79 Å². The van der Waals surface area contributed by atoms with Gasteiger partial charge in [0.1, 0.15) is 0 Å². The van der Waals surface area contributed by atoms with Gasteiger partial charge in [-0.15, -0.1) is 0 Å². The highest BCUT2D eigenvalue weighted by Gasteiger charge is 2.27. The average Bonchev–Trinajstić information content (AvgIpc) is 2.73. The van der Waals surface area contributed by atoms with Crippen molar-refractivity contribution in [1.82, 2.24) is 5.32 Å². The van der Waals surface area contributed by atoms with Crippen molar-refractivity contribution < 1.29 is 9.90 Å². The first-order valence-electron chi connectivity index (χ1n) is 6.27. The summed E-state index contributed by atoms with van der Waals surface area (Å²) >= 11 is 0. The van der Waals surface area contributed by atoms with Crippen molar-refractivity contribution in [3.05, 3.63) is 0 Å². The van der Waals surface area contributed by atoms with Crippen molar-refractivity contribution in [3.63, 3.8) is 0 Å². The Morgan fingerprint density at radius 1 is 1.56 bits per heavy atom. The Bertz CT molecular complexity index is 221. The van der Waals surface area contributed by atoms with Crippen LogP contribution in [0, 0.1) is 11.8 Å². The Labute approximate surface area is 97.6 Å². The minimum atomic E-state index is 0.102. The van der Waals surface area contributed by atoms with Crippen LogP contribution in [0.4, 0.5) is 0 Å². The number of hydrogen-bond acceptors (Lipinski definition) is 3. The van der Waals surface area contributed by atoms with E-state index in [9.17, 15) is 4.79 Å². The molecule has 0 aromatic rings. The van der Waals surface area contributed by atoms with E-state index >= 15 is 0 Å². The maximum absolute atomic E-state index is 11.6. The third kappa shape index (κ3) is 4.10. The van der Waals surface area contributed by atoms with Gasteiger partial charge in [0, 0.05) is 25.0 Å². The molecule has 0 heterocycles. The molecule has 1 aliphatic rings. The average molecular weight is 228 g/mol. The van der Waals surface area contributed by atoms with Gasteiger partial charge in [-0.25, -0.2) is 0 Å². The number of carbonyl (C=O) groups excluding carboxylic acids is 1. The van der Waals surface area contributed by atoms with E-state index in [2.05, 4.69) is 12.2 Å². The minimum Gasteiger partial charge on any atom is -0.396 e. The monoisotopic (exact) mass is 228 g/mol. The number of nitrogens with two attached hydrogens (primary N) is 1. The van der Waals surface area contributed by atoms with Crippen LogP contribution in [-0.4, -0.2) is 30.2 Å². The molecular weight excluding hydrogens is 204 g/mol. The summed E-state index contributed by atoms with van der Waals surface area (Å²) in [5, 5.41) is 12.2. The molecule has 4 nitrogen and oxygen atoms in total. The Hall–Kier alpha value is -0.610. The van der Waals surface area contributed by atoms with Crippen LogP contribution in [-0.2, 0) is 4.79 Å². The van der Waals surface area contributed by atoms with E-state index in [0.717, 1.165) is 25.7 Å². The lowest BCUT2D eigenvalue weighted by Gasteiger charge is -2.19. The lowest BCUT2D eigenvalue weighted by Crippen LogP contribution is -2.38. The fraction of sp³-hybridized carbons (Fsp3) is 0.917. The number of aliphatic hydroxyl groups excluding tert-OH is 1. The highest BCUT2D eigenvalue weighted by Crippen LogP contribution is 2.25. The third-order valence-corrected chi connectivity index (χ3v) is 3.51. The second-order valence-corrected chi connectivity index (χ2v) is 4.93. The van der Waals surface area contributed by atoms with Crippen molar-refractivity contribution in [1.29, 1.82) is 0 Å². The SMILES string of the molecule is CC(CN)CCC(=O)NC1CCCC1CO. The molecule has 1 saturated carbocycles. The Balaban J connectivity index is 2.23. The zero-order chi connectivity index (χ0) is 12.0. The van der Waals surface area contributed by atoms with Gasteiger partial charge in [0.05, 0.1) is 0 Å². The Kier molecular flexibility index (Phi) is 5.77. The van der Waals surface area contributed by atoms with Crippen LogP contribution in [0.2, 0.25) is 0 Å². The van der Waals surface area contributed by atoms with E-state index in [-0.39, 0.29) is 24.5 Å². The molecule has 1 aliphatic carbocycles. The predicted molar refractivity (Wildman–Crippen MR) is 63.8 cm³/mol. The van der Waals surface area contributed by atoms with E-state index in [1.54, 1.807) is 0 Å². The quantitative estimate of drug-likeness (QED) is 0.624. The van der Waals surface area contributed by atoms with Crippen LogP contribution in [0.5, 0.6) is 0 Å². The number of nitrogens with one attached hydrogen (secondary N) is 1. The number of aliphatic hydroxyl groups is 1. The van der Waals surface area contributed by atoms with Crippen molar-refractivity contribution in [2.75, 3.05) is 13.2 Å². The maximum atomic E-state index is 11.6. The molecule has 16 heavy (non-hydrogen) atoms. The van der Waals surface area contributed by atoms with Crippen LogP contribution in [0.15, 0.2) is 0 Å².